The van der Waals surface area contributed by atoms with E-state index in [4.69, 9.17) is 9.47 Å². The fraction of sp³-hybridized carbons (Fsp3) is 0.423. The van der Waals surface area contributed by atoms with Crippen LogP contribution in [-0.2, 0) is 9.47 Å². The van der Waals surface area contributed by atoms with Crippen molar-refractivity contribution in [2.24, 2.45) is 0 Å². The van der Waals surface area contributed by atoms with E-state index in [2.05, 4.69) is 43.4 Å². The zero-order chi connectivity index (χ0) is 25.8. The molecule has 2 aromatic heterocycles. The minimum Gasteiger partial charge on any atom is -0.379 e. The van der Waals surface area contributed by atoms with E-state index < -0.39 is 23.7 Å². The summed E-state index contributed by atoms with van der Waals surface area (Å²) in [5, 5.41) is 6.33. The molecule has 5 heterocycles. The average molecular weight is 513 g/mol. The molecule has 1 unspecified atom stereocenters. The lowest BCUT2D eigenvalue weighted by molar-refractivity contribution is -0.00395. The number of amides is 1. The minimum absolute atomic E-state index is 0.112. The lowest BCUT2D eigenvalue weighted by Crippen LogP contribution is -2.60. The number of anilines is 1. The molecule has 37 heavy (non-hydrogen) atoms. The molecule has 0 aromatic carbocycles. The van der Waals surface area contributed by atoms with Crippen molar-refractivity contribution in [1.29, 1.82) is 0 Å². The Kier molecular flexibility index (Phi) is 7.45. The van der Waals surface area contributed by atoms with E-state index in [1.165, 1.54) is 12.3 Å². The predicted octanol–water partition coefficient (Wildman–Crippen LogP) is 2.56. The van der Waals surface area contributed by atoms with Gasteiger partial charge in [-0.15, -0.1) is 0 Å². The van der Waals surface area contributed by atoms with Gasteiger partial charge in [0.05, 0.1) is 32.1 Å². The Labute approximate surface area is 214 Å². The Hall–Kier alpha value is -3.41. The molecule has 11 heteroatoms. The number of nitrogens with zero attached hydrogens (tertiary/aromatic N) is 4. The third kappa shape index (κ3) is 5.48. The maximum atomic E-state index is 13.1. The number of allylic oxidation sites excluding steroid dienone is 1. The summed E-state index contributed by atoms with van der Waals surface area (Å²) in [6.45, 7) is 7.68. The lowest BCUT2D eigenvalue weighted by Gasteiger charge is -2.46. The van der Waals surface area contributed by atoms with Gasteiger partial charge < -0.3 is 25.0 Å². The third-order valence-electron chi connectivity index (χ3n) is 6.89. The lowest BCUT2D eigenvalue weighted by atomic mass is 9.89. The molecule has 5 rings (SSSR count). The molecule has 3 aliphatic rings. The van der Waals surface area contributed by atoms with Gasteiger partial charge in [0.15, 0.2) is 0 Å². The summed E-state index contributed by atoms with van der Waals surface area (Å²) in [6, 6.07) is 6.54. The van der Waals surface area contributed by atoms with E-state index >= 15 is 0 Å². The van der Waals surface area contributed by atoms with Crippen molar-refractivity contribution in [3.63, 3.8) is 0 Å². The number of nitrogens with one attached hydrogen (secondary N) is 2. The number of aromatic nitrogens is 2. The molecule has 3 aliphatic heterocycles. The first-order valence-electron chi connectivity index (χ1n) is 12.3. The quantitative estimate of drug-likeness (QED) is 0.611. The molecule has 0 spiro atoms. The van der Waals surface area contributed by atoms with E-state index in [1.54, 1.807) is 12.4 Å². The van der Waals surface area contributed by atoms with Crippen LogP contribution in [-0.4, -0.2) is 79.0 Å². The second kappa shape index (κ2) is 10.9. The maximum absolute atomic E-state index is 13.1. The maximum Gasteiger partial charge on any atom is 0.280 e. The molecule has 2 aromatic rings. The Bertz CT molecular complexity index is 1190. The zero-order valence-corrected chi connectivity index (χ0v) is 20.6. The van der Waals surface area contributed by atoms with Gasteiger partial charge in [-0.05, 0) is 42.8 Å². The highest BCUT2D eigenvalue weighted by Crippen LogP contribution is 2.35. The number of alkyl halides is 2. The summed E-state index contributed by atoms with van der Waals surface area (Å²) in [6.07, 6.45) is 3.93. The molecule has 196 valence electrons. The Morgan fingerprint density at radius 1 is 1.05 bits per heavy atom. The van der Waals surface area contributed by atoms with Crippen molar-refractivity contribution in [3.05, 3.63) is 71.5 Å². The van der Waals surface area contributed by atoms with Gasteiger partial charge in [0.2, 0.25) is 0 Å². The van der Waals surface area contributed by atoms with Crippen LogP contribution in [0, 0.1) is 0 Å². The topological polar surface area (TPSA) is 91.9 Å². The van der Waals surface area contributed by atoms with Crippen LogP contribution in [0.5, 0.6) is 0 Å². The number of ether oxygens (including phenoxy) is 2. The fourth-order valence-corrected chi connectivity index (χ4v) is 4.81. The highest BCUT2D eigenvalue weighted by atomic mass is 19.3. The molecule has 9 nitrogen and oxygen atoms in total. The van der Waals surface area contributed by atoms with Crippen LogP contribution in [0.1, 0.15) is 35.0 Å². The van der Waals surface area contributed by atoms with Crippen LogP contribution in [0.15, 0.2) is 54.6 Å². The Balaban J connectivity index is 1.46. The average Bonchev–Trinajstić information content (AvgIpc) is 2.95. The molecule has 1 atom stereocenters. The van der Waals surface area contributed by atoms with Gasteiger partial charge in [-0.1, -0.05) is 0 Å². The zero-order valence-electron chi connectivity index (χ0n) is 20.6. The smallest absolute Gasteiger partial charge is 0.280 e. The summed E-state index contributed by atoms with van der Waals surface area (Å²) < 4.78 is 37.2. The molecular weight excluding hydrogens is 482 g/mol. The molecule has 2 saturated heterocycles. The Morgan fingerprint density at radius 3 is 2.49 bits per heavy atom. The standard InChI is InChI=1S/C26H30F2N6O3/c1-26(34-8-12-37-13-9-34)21(18-2-5-30-23(15-18)33-6-10-36-11-7-33)16-20(17-31-26)32-25(35)19-3-4-29-22(14-19)24(27)28/h2-5,14-17,24,31H,6-13H2,1H3,(H,32,35). The van der Waals surface area contributed by atoms with Crippen molar-refractivity contribution in [2.45, 2.75) is 19.0 Å². The van der Waals surface area contributed by atoms with Crippen molar-refractivity contribution >= 4 is 17.3 Å². The second-order valence-electron chi connectivity index (χ2n) is 9.20. The fourth-order valence-electron chi connectivity index (χ4n) is 4.81. The van der Waals surface area contributed by atoms with Gasteiger partial charge in [-0.2, -0.15) is 0 Å². The van der Waals surface area contributed by atoms with Crippen molar-refractivity contribution in [3.8, 4) is 0 Å². The number of rotatable bonds is 6. The number of hydrogen-bond donors (Lipinski definition) is 2. The van der Waals surface area contributed by atoms with E-state index in [9.17, 15) is 13.6 Å². The summed E-state index contributed by atoms with van der Waals surface area (Å²) in [5.74, 6) is 0.370. The number of carbonyl (C=O) groups excluding carboxylic acids is 1. The number of hydrogen-bond acceptors (Lipinski definition) is 8. The molecule has 1 amide bonds. The van der Waals surface area contributed by atoms with E-state index in [-0.39, 0.29) is 5.56 Å². The van der Waals surface area contributed by atoms with E-state index in [1.807, 2.05) is 12.1 Å². The van der Waals surface area contributed by atoms with Crippen LogP contribution >= 0.6 is 0 Å². The number of morpholine rings is 2. The Morgan fingerprint density at radius 2 is 1.76 bits per heavy atom. The van der Waals surface area contributed by atoms with Gasteiger partial charge in [0.25, 0.3) is 12.3 Å². The summed E-state index contributed by atoms with van der Waals surface area (Å²) in [4.78, 5) is 25.6. The molecule has 2 fully saturated rings. The van der Waals surface area contributed by atoms with E-state index in [0.717, 1.165) is 49.2 Å². The molecule has 2 N–H and O–H groups in total. The number of halogens is 2. The predicted molar refractivity (Wildman–Crippen MR) is 134 cm³/mol. The van der Waals surface area contributed by atoms with Crippen molar-refractivity contribution in [1.82, 2.24) is 25.5 Å². The van der Waals surface area contributed by atoms with Crippen LogP contribution in [0.4, 0.5) is 14.6 Å². The normalized spacial score (nSPS) is 22.8. The number of dihydropyridines is 1. The van der Waals surface area contributed by atoms with E-state index in [0.29, 0.717) is 32.1 Å². The first-order chi connectivity index (χ1) is 17.9. The van der Waals surface area contributed by atoms with Gasteiger partial charge in [-0.3, -0.25) is 14.7 Å². The van der Waals surface area contributed by atoms with Crippen molar-refractivity contribution in [2.75, 3.05) is 57.5 Å². The van der Waals surface area contributed by atoms with Crippen LogP contribution in [0.2, 0.25) is 0 Å². The van der Waals surface area contributed by atoms with Gasteiger partial charge >= 0.3 is 0 Å². The largest absolute Gasteiger partial charge is 0.379 e. The molecular formula is C26H30F2N6O3. The molecule has 0 saturated carbocycles. The first kappa shape index (κ1) is 25.2. The SMILES string of the molecule is CC1(N2CCOCC2)NC=C(NC(=O)c2ccnc(C(F)F)c2)C=C1c1ccnc(N2CCOCC2)c1. The van der Waals surface area contributed by atoms with Gasteiger partial charge in [0.1, 0.15) is 17.2 Å². The second-order valence-corrected chi connectivity index (χ2v) is 9.20. The van der Waals surface area contributed by atoms with Crippen LogP contribution < -0.4 is 15.5 Å². The van der Waals surface area contributed by atoms with Gasteiger partial charge in [0, 0.05) is 55.9 Å². The highest BCUT2D eigenvalue weighted by molar-refractivity contribution is 5.96. The first-order valence-corrected chi connectivity index (χ1v) is 12.3. The minimum atomic E-state index is -2.75. The summed E-state index contributed by atoms with van der Waals surface area (Å²) in [7, 11) is 0. The van der Waals surface area contributed by atoms with Crippen molar-refractivity contribution < 1.29 is 23.0 Å². The van der Waals surface area contributed by atoms with Crippen LogP contribution in [0.3, 0.4) is 0 Å². The van der Waals surface area contributed by atoms with Gasteiger partial charge in [-0.25, -0.2) is 13.8 Å². The van der Waals surface area contributed by atoms with Crippen LogP contribution in [0.25, 0.3) is 5.57 Å². The molecule has 0 bridgehead atoms. The number of pyridine rings is 2. The summed E-state index contributed by atoms with van der Waals surface area (Å²) in [5.41, 5.74) is 1.54. The number of carbonyl (C=O) groups is 1. The monoisotopic (exact) mass is 512 g/mol. The molecule has 0 aliphatic carbocycles. The third-order valence-corrected chi connectivity index (χ3v) is 6.89. The molecule has 0 radical (unpaired) electrons. The summed E-state index contributed by atoms with van der Waals surface area (Å²) >= 11 is 0. The highest BCUT2D eigenvalue weighted by Gasteiger charge is 2.39.